The minimum atomic E-state index is -0.593. The van der Waals surface area contributed by atoms with Crippen molar-refractivity contribution in [3.05, 3.63) is 47.9 Å². The van der Waals surface area contributed by atoms with Gasteiger partial charge in [-0.25, -0.2) is 14.4 Å². The predicted molar refractivity (Wildman–Crippen MR) is 156 cm³/mol. The molecular formula is C29H39FN8O3. The lowest BCUT2D eigenvalue weighted by atomic mass is 10.0. The first-order chi connectivity index (χ1) is 19.9. The van der Waals surface area contributed by atoms with E-state index in [1.807, 2.05) is 18.3 Å². The van der Waals surface area contributed by atoms with Crippen LogP contribution >= 0.6 is 0 Å². The average molecular weight is 567 g/mol. The molecule has 0 aliphatic carbocycles. The number of aromatic nitrogens is 2. The molecule has 3 aliphatic rings. The molecule has 3 N–H and O–H groups in total. The molecule has 0 aromatic carbocycles. The number of carbonyl (C=O) groups excluding carboxylic acids is 2. The highest BCUT2D eigenvalue weighted by atomic mass is 19.1. The van der Waals surface area contributed by atoms with Crippen LogP contribution in [0.4, 0.5) is 27.5 Å². The molecule has 2 aromatic rings. The lowest BCUT2D eigenvalue weighted by molar-refractivity contribution is -0.127. The molecule has 0 spiro atoms. The van der Waals surface area contributed by atoms with Crippen molar-refractivity contribution in [1.29, 1.82) is 0 Å². The summed E-state index contributed by atoms with van der Waals surface area (Å²) in [7, 11) is 1.69. The van der Waals surface area contributed by atoms with Crippen molar-refractivity contribution >= 4 is 35.3 Å². The quantitative estimate of drug-likeness (QED) is 0.293. The highest BCUT2D eigenvalue weighted by Crippen LogP contribution is 2.30. The molecule has 2 atom stereocenters. The number of pyridine rings is 2. The summed E-state index contributed by atoms with van der Waals surface area (Å²) in [5.41, 5.74) is 1.35. The zero-order chi connectivity index (χ0) is 28.9. The van der Waals surface area contributed by atoms with Gasteiger partial charge in [0.25, 0.3) is 0 Å². The number of hydrogen-bond acceptors (Lipinski definition) is 10. The van der Waals surface area contributed by atoms with E-state index in [0.717, 1.165) is 51.4 Å². The van der Waals surface area contributed by atoms with E-state index in [1.54, 1.807) is 11.9 Å². The zero-order valence-corrected chi connectivity index (χ0v) is 23.7. The molecule has 0 bridgehead atoms. The smallest absolute Gasteiger partial charge is 0.246 e. The van der Waals surface area contributed by atoms with Gasteiger partial charge in [-0.05, 0) is 45.0 Å². The third-order valence-electron chi connectivity index (χ3n) is 8.12. The Labute approximate surface area is 240 Å². The van der Waals surface area contributed by atoms with Gasteiger partial charge in [-0.3, -0.25) is 14.5 Å². The summed E-state index contributed by atoms with van der Waals surface area (Å²) in [5, 5.41) is 9.25. The third kappa shape index (κ3) is 6.34. The SMILES string of the molecule is C=CC(=O)N1CCCC(Nc2nc(Nc3ccc(N4CCN(C5COC5)CC4C)cn3)c(C=O)c(CNC)c2F)C1. The van der Waals surface area contributed by atoms with E-state index in [-0.39, 0.29) is 41.3 Å². The first-order valence-electron chi connectivity index (χ1n) is 14.2. The van der Waals surface area contributed by atoms with E-state index in [4.69, 9.17) is 4.74 Å². The molecule has 2 aromatic heterocycles. The molecule has 5 heterocycles. The summed E-state index contributed by atoms with van der Waals surface area (Å²) in [6.07, 6.45) is 5.25. The van der Waals surface area contributed by atoms with Gasteiger partial charge in [-0.15, -0.1) is 0 Å². The van der Waals surface area contributed by atoms with Gasteiger partial charge in [0.05, 0.1) is 36.7 Å². The Morgan fingerprint density at radius 3 is 2.68 bits per heavy atom. The number of anilines is 4. The Morgan fingerprint density at radius 1 is 1.22 bits per heavy atom. The molecule has 41 heavy (non-hydrogen) atoms. The molecule has 3 aliphatic heterocycles. The highest BCUT2D eigenvalue weighted by molar-refractivity contribution is 5.88. The van der Waals surface area contributed by atoms with Gasteiger partial charge in [0.1, 0.15) is 11.6 Å². The largest absolute Gasteiger partial charge is 0.378 e. The van der Waals surface area contributed by atoms with Crippen molar-refractivity contribution in [2.75, 3.05) is 68.5 Å². The number of amides is 1. The Bertz CT molecular complexity index is 1260. The fourth-order valence-corrected chi connectivity index (χ4v) is 5.80. The maximum atomic E-state index is 15.6. The first kappa shape index (κ1) is 28.9. The van der Waals surface area contributed by atoms with Gasteiger partial charge < -0.3 is 30.5 Å². The Hall–Kier alpha value is -3.61. The second kappa shape index (κ2) is 12.9. The molecule has 2 unspecified atom stereocenters. The van der Waals surface area contributed by atoms with Gasteiger partial charge in [-0.2, -0.15) is 0 Å². The second-order valence-corrected chi connectivity index (χ2v) is 10.9. The van der Waals surface area contributed by atoms with E-state index in [0.29, 0.717) is 37.3 Å². The molecule has 5 rings (SSSR count). The topological polar surface area (TPSA) is 115 Å². The number of ether oxygens (including phenoxy) is 1. The van der Waals surface area contributed by atoms with Crippen LogP contribution in [-0.4, -0.2) is 103 Å². The number of rotatable bonds is 10. The Kier molecular flexibility index (Phi) is 9.11. The van der Waals surface area contributed by atoms with E-state index in [9.17, 15) is 9.59 Å². The van der Waals surface area contributed by atoms with Crippen LogP contribution in [0.2, 0.25) is 0 Å². The molecule has 0 radical (unpaired) electrons. The molecule has 220 valence electrons. The van der Waals surface area contributed by atoms with Gasteiger partial charge in [-0.1, -0.05) is 6.58 Å². The fourth-order valence-electron chi connectivity index (χ4n) is 5.80. The Balaban J connectivity index is 1.33. The van der Waals surface area contributed by atoms with Crippen molar-refractivity contribution < 1.29 is 18.7 Å². The summed E-state index contributed by atoms with van der Waals surface area (Å²) in [4.78, 5) is 39.9. The van der Waals surface area contributed by atoms with Crippen LogP contribution in [0.3, 0.4) is 0 Å². The average Bonchev–Trinajstić information content (AvgIpc) is 2.95. The lowest BCUT2D eigenvalue weighted by Crippen LogP contribution is -2.59. The maximum absolute atomic E-state index is 15.6. The summed E-state index contributed by atoms with van der Waals surface area (Å²) in [6, 6.07) is 4.51. The minimum Gasteiger partial charge on any atom is -0.378 e. The standard InChI is InChI=1S/C29H39FN8O3/c1-4-26(40)37-9-5-6-20(15-37)33-29-27(30)23(13-31-3)24(16-39)28(35-29)34-25-8-7-21(12-32-25)38-11-10-36(14-19(38)2)22-17-41-18-22/h4,7-8,12,16,19-20,22,31H,1,5-6,9-11,13-15,17-18H2,2-3H3,(H2,32,33,34,35). The fraction of sp³-hybridized carbons (Fsp3) is 0.517. The van der Waals surface area contributed by atoms with Gasteiger partial charge >= 0.3 is 0 Å². The van der Waals surface area contributed by atoms with Crippen LogP contribution in [0.5, 0.6) is 0 Å². The second-order valence-electron chi connectivity index (χ2n) is 10.9. The molecule has 3 saturated heterocycles. The molecule has 12 heteroatoms. The van der Waals surface area contributed by atoms with Crippen molar-refractivity contribution in [2.24, 2.45) is 0 Å². The molecule has 0 saturated carbocycles. The maximum Gasteiger partial charge on any atom is 0.246 e. The van der Waals surface area contributed by atoms with Crippen molar-refractivity contribution in [2.45, 2.75) is 44.4 Å². The van der Waals surface area contributed by atoms with Gasteiger partial charge in [0, 0.05) is 56.9 Å². The van der Waals surface area contributed by atoms with Gasteiger partial charge in [0.15, 0.2) is 17.9 Å². The van der Waals surface area contributed by atoms with Crippen LogP contribution in [-0.2, 0) is 16.1 Å². The number of aldehydes is 1. The zero-order valence-electron chi connectivity index (χ0n) is 23.7. The summed E-state index contributed by atoms with van der Waals surface area (Å²) < 4.78 is 21.0. The summed E-state index contributed by atoms with van der Waals surface area (Å²) in [6.45, 7) is 11.4. The van der Waals surface area contributed by atoms with Crippen molar-refractivity contribution in [1.82, 2.24) is 25.1 Å². The first-order valence-corrected chi connectivity index (χ1v) is 14.2. The van der Waals surface area contributed by atoms with Crippen LogP contribution in [0.15, 0.2) is 31.0 Å². The van der Waals surface area contributed by atoms with E-state index >= 15 is 4.39 Å². The molecule has 1 amide bonds. The molecule has 11 nitrogen and oxygen atoms in total. The monoisotopic (exact) mass is 566 g/mol. The number of hydrogen-bond donors (Lipinski definition) is 3. The van der Waals surface area contributed by atoms with Crippen LogP contribution < -0.4 is 20.9 Å². The number of likely N-dealkylation sites (tertiary alicyclic amines) is 1. The van der Waals surface area contributed by atoms with E-state index in [1.165, 1.54) is 6.08 Å². The van der Waals surface area contributed by atoms with Gasteiger partial charge in [0.2, 0.25) is 5.91 Å². The van der Waals surface area contributed by atoms with Crippen LogP contribution in [0, 0.1) is 5.82 Å². The van der Waals surface area contributed by atoms with Crippen molar-refractivity contribution in [3.8, 4) is 0 Å². The normalized spacial score (nSPS) is 21.7. The Morgan fingerprint density at radius 2 is 2.05 bits per heavy atom. The van der Waals surface area contributed by atoms with E-state index in [2.05, 4.69) is 49.2 Å². The number of piperidine rings is 1. The summed E-state index contributed by atoms with van der Waals surface area (Å²) >= 11 is 0. The minimum absolute atomic E-state index is 0.0291. The predicted octanol–water partition coefficient (Wildman–Crippen LogP) is 2.39. The molecular weight excluding hydrogens is 527 g/mol. The molecule has 3 fully saturated rings. The van der Waals surface area contributed by atoms with Crippen LogP contribution in [0.25, 0.3) is 0 Å². The van der Waals surface area contributed by atoms with Crippen molar-refractivity contribution in [3.63, 3.8) is 0 Å². The van der Waals surface area contributed by atoms with Crippen LogP contribution in [0.1, 0.15) is 35.7 Å². The summed E-state index contributed by atoms with van der Waals surface area (Å²) in [5.74, 6) is -0.00621. The number of carbonyl (C=O) groups is 2. The number of nitrogens with zero attached hydrogens (tertiary/aromatic N) is 5. The lowest BCUT2D eigenvalue weighted by Gasteiger charge is -2.46. The van der Waals surface area contributed by atoms with E-state index < -0.39 is 5.82 Å². The third-order valence-corrected chi connectivity index (χ3v) is 8.12. The number of halogens is 1. The number of nitrogens with one attached hydrogen (secondary N) is 3. The highest BCUT2D eigenvalue weighted by Gasteiger charge is 2.32. The number of piperazine rings is 1.